The zero-order valence-electron chi connectivity index (χ0n) is 25.4. The molecule has 0 spiro atoms. The summed E-state index contributed by atoms with van der Waals surface area (Å²) in [6.45, 7) is 18.0. The lowest BCUT2D eigenvalue weighted by molar-refractivity contribution is -0.274. The van der Waals surface area contributed by atoms with E-state index in [1.54, 1.807) is 0 Å². The molecule has 2 unspecified atom stereocenters. The molecule has 38 heavy (non-hydrogen) atoms. The Morgan fingerprint density at radius 3 is 1.42 bits per heavy atom. The van der Waals surface area contributed by atoms with Crippen LogP contribution < -0.4 is 0 Å². The molecule has 0 radical (unpaired) electrons. The number of carbonyl (C=O) groups excluding carboxylic acids is 2. The van der Waals surface area contributed by atoms with Crippen LogP contribution in [0.25, 0.3) is 0 Å². The maximum atomic E-state index is 11.9. The summed E-state index contributed by atoms with van der Waals surface area (Å²) in [5, 5.41) is 0. The van der Waals surface area contributed by atoms with Crippen molar-refractivity contribution in [1.29, 1.82) is 0 Å². The van der Waals surface area contributed by atoms with Crippen molar-refractivity contribution in [2.24, 2.45) is 10.8 Å². The number of rotatable bonds is 18. The van der Waals surface area contributed by atoms with Crippen molar-refractivity contribution < 1.29 is 29.1 Å². The van der Waals surface area contributed by atoms with Gasteiger partial charge in [0.2, 0.25) is 0 Å². The third kappa shape index (κ3) is 17.6. The lowest BCUT2D eigenvalue weighted by Crippen LogP contribution is -2.12. The van der Waals surface area contributed by atoms with Crippen LogP contribution in [0.2, 0.25) is 0 Å². The first-order valence-corrected chi connectivity index (χ1v) is 14.5. The van der Waals surface area contributed by atoms with Gasteiger partial charge in [-0.25, -0.2) is 9.59 Å². The molecule has 2 atom stereocenters. The number of hydrogen-bond acceptors (Lipinski definition) is 6. The first-order chi connectivity index (χ1) is 17.8. The van der Waals surface area contributed by atoms with Crippen LogP contribution in [0.15, 0.2) is 24.3 Å². The lowest BCUT2D eigenvalue weighted by Gasteiger charge is -2.17. The van der Waals surface area contributed by atoms with E-state index in [-0.39, 0.29) is 37.0 Å². The molecule has 0 saturated heterocycles. The second-order valence-electron chi connectivity index (χ2n) is 13.2. The van der Waals surface area contributed by atoms with Gasteiger partial charge in [-0.3, -0.25) is 9.78 Å². The highest BCUT2D eigenvalue weighted by Crippen LogP contribution is 2.24. The predicted molar refractivity (Wildman–Crippen MR) is 152 cm³/mol. The Hall–Kier alpha value is -1.92. The number of unbranched alkanes of at least 4 members (excludes halogenated alkanes) is 4. The van der Waals surface area contributed by atoms with E-state index in [9.17, 15) is 9.59 Å². The Morgan fingerprint density at radius 2 is 1.05 bits per heavy atom. The van der Waals surface area contributed by atoms with E-state index in [4.69, 9.17) is 19.6 Å². The highest BCUT2D eigenvalue weighted by molar-refractivity contribution is 5.68. The summed E-state index contributed by atoms with van der Waals surface area (Å²) in [6.07, 6.45) is 9.00. The van der Waals surface area contributed by atoms with Gasteiger partial charge in [0.1, 0.15) is 13.2 Å². The summed E-state index contributed by atoms with van der Waals surface area (Å²) in [5.41, 5.74) is 2.83. The summed E-state index contributed by atoms with van der Waals surface area (Å²) < 4.78 is 0. The van der Waals surface area contributed by atoms with E-state index >= 15 is 0 Å². The molecule has 6 nitrogen and oxygen atoms in total. The first-order valence-electron chi connectivity index (χ1n) is 14.5. The van der Waals surface area contributed by atoms with Gasteiger partial charge in [0.05, 0.1) is 0 Å². The predicted octanol–water partition coefficient (Wildman–Crippen LogP) is 8.84. The molecular formula is C32H54O6. The standard InChI is InChI=1S/C32H54O6/c1-25(23-35-37-29(33)18-11-9-13-20-31(3,4)5)27-16-15-17-28(22-27)26(2)24-36-38-30(34)19-12-10-14-21-32(6,7)8/h15-17,22,25-26H,9-14,18-21,23-24H2,1-8H3. The van der Waals surface area contributed by atoms with E-state index in [2.05, 4.69) is 47.6 Å². The molecule has 1 aromatic carbocycles. The minimum Gasteiger partial charge on any atom is -0.298 e. The topological polar surface area (TPSA) is 71.1 Å². The maximum Gasteiger partial charge on any atom is 0.342 e. The molecule has 0 N–H and O–H groups in total. The van der Waals surface area contributed by atoms with Crippen molar-refractivity contribution in [2.45, 2.75) is 131 Å². The van der Waals surface area contributed by atoms with Crippen LogP contribution in [-0.4, -0.2) is 25.2 Å². The van der Waals surface area contributed by atoms with Crippen LogP contribution in [0, 0.1) is 10.8 Å². The molecule has 0 aromatic heterocycles. The smallest absolute Gasteiger partial charge is 0.298 e. The average Bonchev–Trinajstić information content (AvgIpc) is 2.82. The monoisotopic (exact) mass is 534 g/mol. The summed E-state index contributed by atoms with van der Waals surface area (Å²) in [4.78, 5) is 44.3. The minimum absolute atomic E-state index is 0.0544. The second kappa shape index (κ2) is 17.6. The molecule has 218 valence electrons. The van der Waals surface area contributed by atoms with Gasteiger partial charge in [-0.1, -0.05) is 105 Å². The Morgan fingerprint density at radius 1 is 0.658 bits per heavy atom. The Balaban J connectivity index is 2.27. The van der Waals surface area contributed by atoms with Crippen molar-refractivity contribution in [3.05, 3.63) is 35.4 Å². The molecular weight excluding hydrogens is 480 g/mol. The maximum absolute atomic E-state index is 11.9. The highest BCUT2D eigenvalue weighted by Gasteiger charge is 2.15. The Kier molecular flexibility index (Phi) is 15.8. The number of hydrogen-bond donors (Lipinski definition) is 0. The van der Waals surface area contributed by atoms with Crippen LogP contribution in [-0.2, 0) is 29.1 Å². The second-order valence-corrected chi connectivity index (χ2v) is 13.2. The van der Waals surface area contributed by atoms with Crippen LogP contribution >= 0.6 is 0 Å². The summed E-state index contributed by atoms with van der Waals surface area (Å²) in [7, 11) is 0. The van der Waals surface area contributed by atoms with E-state index in [0.29, 0.717) is 23.7 Å². The quantitative estimate of drug-likeness (QED) is 0.106. The molecule has 0 fully saturated rings. The Labute approximate surface area is 232 Å². The fourth-order valence-electron chi connectivity index (χ4n) is 4.05. The fraction of sp³-hybridized carbons (Fsp3) is 0.750. The van der Waals surface area contributed by atoms with Crippen molar-refractivity contribution in [1.82, 2.24) is 0 Å². The average molecular weight is 535 g/mol. The van der Waals surface area contributed by atoms with Gasteiger partial charge in [-0.05, 0) is 47.6 Å². The van der Waals surface area contributed by atoms with Crippen LogP contribution in [0.5, 0.6) is 0 Å². The van der Waals surface area contributed by atoms with Crippen LogP contribution in [0.1, 0.15) is 143 Å². The molecule has 0 aliphatic heterocycles. The molecule has 1 rings (SSSR count). The van der Waals surface area contributed by atoms with Gasteiger partial charge in [-0.15, -0.1) is 0 Å². The van der Waals surface area contributed by atoms with Gasteiger partial charge >= 0.3 is 11.9 Å². The SMILES string of the molecule is CC(COOC(=O)CCCCCC(C)(C)C)c1cccc(C(C)COOC(=O)CCCCCC(C)(C)C)c1. The molecule has 0 amide bonds. The molecule has 1 aromatic rings. The summed E-state index contributed by atoms with van der Waals surface area (Å²) in [6, 6.07) is 8.14. The largest absolute Gasteiger partial charge is 0.342 e. The fourth-order valence-corrected chi connectivity index (χ4v) is 4.05. The van der Waals surface area contributed by atoms with Crippen molar-refractivity contribution in [2.75, 3.05) is 13.2 Å². The van der Waals surface area contributed by atoms with Gasteiger partial charge in [0, 0.05) is 24.7 Å². The normalized spacial score (nSPS) is 13.7. The van der Waals surface area contributed by atoms with Crippen LogP contribution in [0.3, 0.4) is 0 Å². The molecule has 0 saturated carbocycles. The van der Waals surface area contributed by atoms with Crippen molar-refractivity contribution in [3.8, 4) is 0 Å². The van der Waals surface area contributed by atoms with Gasteiger partial charge < -0.3 is 0 Å². The highest BCUT2D eigenvalue weighted by atomic mass is 17.2. The van der Waals surface area contributed by atoms with Crippen molar-refractivity contribution in [3.63, 3.8) is 0 Å². The van der Waals surface area contributed by atoms with E-state index < -0.39 is 0 Å². The third-order valence-electron chi connectivity index (χ3n) is 6.60. The molecule has 6 heteroatoms. The third-order valence-corrected chi connectivity index (χ3v) is 6.60. The Bertz CT molecular complexity index is 742. The van der Waals surface area contributed by atoms with E-state index in [1.807, 2.05) is 32.0 Å². The molecule has 0 bridgehead atoms. The number of benzene rings is 1. The molecule has 0 aliphatic carbocycles. The first kappa shape index (κ1) is 34.1. The molecule has 0 heterocycles. The zero-order valence-corrected chi connectivity index (χ0v) is 25.4. The lowest BCUT2D eigenvalue weighted by atomic mass is 9.89. The van der Waals surface area contributed by atoms with Crippen LogP contribution in [0.4, 0.5) is 0 Å². The van der Waals surface area contributed by atoms with E-state index in [0.717, 1.165) is 62.5 Å². The molecule has 0 aliphatic rings. The number of carbonyl (C=O) groups is 2. The minimum atomic E-state index is -0.313. The summed E-state index contributed by atoms with van der Waals surface area (Å²) >= 11 is 0. The van der Waals surface area contributed by atoms with Gasteiger partial charge in [-0.2, -0.15) is 9.78 Å². The zero-order chi connectivity index (χ0) is 28.6. The van der Waals surface area contributed by atoms with Crippen molar-refractivity contribution >= 4 is 11.9 Å². The van der Waals surface area contributed by atoms with Gasteiger partial charge in [0.25, 0.3) is 0 Å². The van der Waals surface area contributed by atoms with Gasteiger partial charge in [0.15, 0.2) is 0 Å². The summed E-state index contributed by atoms with van der Waals surface area (Å²) in [5.74, 6) is -0.517. The van der Waals surface area contributed by atoms with E-state index in [1.165, 1.54) is 0 Å².